The van der Waals surface area contributed by atoms with Crippen molar-refractivity contribution in [3.05, 3.63) is 150 Å². The predicted octanol–water partition coefficient (Wildman–Crippen LogP) is 8.24. The Balaban J connectivity index is 1.13. The summed E-state index contributed by atoms with van der Waals surface area (Å²) < 4.78 is 58.5. The van der Waals surface area contributed by atoms with Gasteiger partial charge in [0.1, 0.15) is 0 Å². The monoisotopic (exact) mass is 889 g/mol. The molecule has 4 heterocycles. The van der Waals surface area contributed by atoms with Crippen LogP contribution in [-0.2, 0) is 33.0 Å². The fraction of sp³-hybridized carbons (Fsp3) is 0.283. The van der Waals surface area contributed by atoms with Crippen LogP contribution in [0, 0.1) is 25.2 Å². The molecule has 17 heteroatoms. The molecule has 328 valence electrons. The van der Waals surface area contributed by atoms with Gasteiger partial charge >= 0.3 is 12.1 Å². The number of carbonyl (C=O) groups excluding carboxylic acids is 2. The molecule has 4 amide bonds. The molecule has 0 saturated carbocycles. The Morgan fingerprint density at radius 1 is 0.730 bits per heavy atom. The Morgan fingerprint density at radius 2 is 1.29 bits per heavy atom. The van der Waals surface area contributed by atoms with Gasteiger partial charge in [-0.3, -0.25) is 9.97 Å². The molecule has 0 bridgehead atoms. The number of aromatic nitrogens is 4. The van der Waals surface area contributed by atoms with E-state index in [0.717, 1.165) is 24.2 Å². The van der Waals surface area contributed by atoms with Crippen molar-refractivity contribution in [2.45, 2.75) is 75.2 Å². The fourth-order valence-corrected chi connectivity index (χ4v) is 10.8. The van der Waals surface area contributed by atoms with Crippen molar-refractivity contribution in [1.82, 2.24) is 34.1 Å². The van der Waals surface area contributed by atoms with E-state index in [0.29, 0.717) is 41.5 Å². The number of sulfone groups is 1. The van der Waals surface area contributed by atoms with Gasteiger partial charge in [0.15, 0.2) is 0 Å². The molecule has 63 heavy (non-hydrogen) atoms. The molecule has 0 spiro atoms. The van der Waals surface area contributed by atoms with E-state index in [1.54, 1.807) is 76.2 Å². The molecule has 2 N–H and O–H groups in total. The molecule has 7 rings (SSSR count). The minimum Gasteiger partial charge on any atom is -0.306 e. The largest absolute Gasteiger partial charge is 0.341 e. The van der Waals surface area contributed by atoms with Crippen molar-refractivity contribution in [2.24, 2.45) is 11.3 Å². The highest BCUT2D eigenvalue weighted by molar-refractivity contribution is 7.91. The molecule has 15 nitrogen and oxygen atoms in total. The maximum Gasteiger partial charge on any atom is 0.341 e. The molecule has 1 saturated heterocycles. The average Bonchev–Trinajstić information content (AvgIpc) is 3.53. The zero-order valence-corrected chi connectivity index (χ0v) is 37.5. The number of hydrogen-bond donors (Lipinski definition) is 2. The number of pyridine rings is 2. The Hall–Kier alpha value is -6.43. The molecule has 1 fully saturated rings. The van der Waals surface area contributed by atoms with Crippen LogP contribution in [0.3, 0.4) is 0 Å². The zero-order chi connectivity index (χ0) is 44.9. The lowest BCUT2D eigenvalue weighted by Gasteiger charge is -2.35. The summed E-state index contributed by atoms with van der Waals surface area (Å²) in [4.78, 5) is 37.3. The Bertz CT molecular complexity index is 2790. The van der Waals surface area contributed by atoms with Gasteiger partial charge in [-0.15, -0.1) is 0 Å². The summed E-state index contributed by atoms with van der Waals surface area (Å²) in [5, 5.41) is 12.6. The van der Waals surface area contributed by atoms with E-state index in [9.17, 15) is 26.4 Å². The van der Waals surface area contributed by atoms with Crippen molar-refractivity contribution in [1.29, 1.82) is 0 Å². The van der Waals surface area contributed by atoms with Crippen LogP contribution in [0.15, 0.2) is 143 Å². The number of sulfonamides is 1. The van der Waals surface area contributed by atoms with Crippen LogP contribution in [0.25, 0.3) is 5.69 Å². The van der Waals surface area contributed by atoms with Crippen molar-refractivity contribution >= 4 is 43.3 Å². The van der Waals surface area contributed by atoms with Crippen molar-refractivity contribution in [3.8, 4) is 5.69 Å². The van der Waals surface area contributed by atoms with Crippen molar-refractivity contribution < 1.29 is 26.4 Å². The first-order valence-electron chi connectivity index (χ1n) is 20.5. The van der Waals surface area contributed by atoms with Gasteiger partial charge in [-0.05, 0) is 134 Å². The normalized spacial score (nSPS) is 15.5. The number of benzene rings is 3. The van der Waals surface area contributed by atoms with Crippen LogP contribution < -0.4 is 10.6 Å². The lowest BCUT2D eigenvalue weighted by Crippen LogP contribution is -2.52. The number of hydrazine groups is 1. The number of hydrogen-bond acceptors (Lipinski definition) is 9. The second-order valence-electron chi connectivity index (χ2n) is 16.7. The topological polar surface area (TPSA) is 180 Å². The molecule has 1 unspecified atom stereocenters. The van der Waals surface area contributed by atoms with Crippen LogP contribution >= 0.6 is 0 Å². The van der Waals surface area contributed by atoms with Crippen LogP contribution in [0.5, 0.6) is 0 Å². The maximum absolute atomic E-state index is 14.4. The molecule has 1 atom stereocenters. The highest BCUT2D eigenvalue weighted by Gasteiger charge is 2.35. The summed E-state index contributed by atoms with van der Waals surface area (Å²) in [6.45, 7) is 10.7. The lowest BCUT2D eigenvalue weighted by molar-refractivity contribution is 0.0466. The molecule has 3 aromatic carbocycles. The molecular formula is C46H51N9O6S2. The summed E-state index contributed by atoms with van der Waals surface area (Å²) >= 11 is 0. The Labute approximate surface area is 368 Å². The van der Waals surface area contributed by atoms with Gasteiger partial charge in [-0.25, -0.2) is 41.1 Å². The van der Waals surface area contributed by atoms with Crippen molar-refractivity contribution in [3.63, 3.8) is 0 Å². The van der Waals surface area contributed by atoms with Gasteiger partial charge in [0.05, 0.1) is 39.2 Å². The van der Waals surface area contributed by atoms with E-state index in [1.165, 1.54) is 64.6 Å². The quantitative estimate of drug-likeness (QED) is 0.121. The van der Waals surface area contributed by atoms with E-state index in [-0.39, 0.29) is 38.9 Å². The number of nitrogens with zero attached hydrogens (tertiary/aromatic N) is 7. The van der Waals surface area contributed by atoms with Gasteiger partial charge < -0.3 is 10.6 Å². The number of rotatable bonds is 11. The molecule has 6 aromatic rings. The second kappa shape index (κ2) is 18.5. The van der Waals surface area contributed by atoms with E-state index >= 15 is 0 Å². The Morgan fingerprint density at radius 3 is 1.79 bits per heavy atom. The maximum atomic E-state index is 14.4. The van der Waals surface area contributed by atoms with Crippen LogP contribution in [0.4, 0.5) is 21.0 Å². The van der Waals surface area contributed by atoms with E-state index in [2.05, 4.69) is 46.5 Å². The minimum absolute atomic E-state index is 0.0134. The first-order chi connectivity index (χ1) is 30.0. The lowest BCUT2D eigenvalue weighted by atomic mass is 9.84. The van der Waals surface area contributed by atoms with Gasteiger partial charge in [0.25, 0.3) is 0 Å². The predicted molar refractivity (Wildman–Crippen MR) is 240 cm³/mol. The third kappa shape index (κ3) is 10.6. The molecular weight excluding hydrogens is 839 g/mol. The summed E-state index contributed by atoms with van der Waals surface area (Å²) in [5.74, 6) is 0.397. The van der Waals surface area contributed by atoms with E-state index < -0.39 is 31.9 Å². The van der Waals surface area contributed by atoms with Crippen LogP contribution in [0.1, 0.15) is 56.1 Å². The highest BCUT2D eigenvalue weighted by atomic mass is 32.2. The molecule has 0 radical (unpaired) electrons. The van der Waals surface area contributed by atoms with Gasteiger partial charge in [-0.1, -0.05) is 39.0 Å². The van der Waals surface area contributed by atoms with Gasteiger partial charge in [-0.2, -0.15) is 9.40 Å². The highest BCUT2D eigenvalue weighted by Crippen LogP contribution is 2.34. The molecule has 3 aromatic heterocycles. The summed E-state index contributed by atoms with van der Waals surface area (Å²) in [5.41, 5.74) is 3.89. The van der Waals surface area contributed by atoms with E-state index in [1.807, 2.05) is 19.9 Å². The molecule has 1 aliphatic rings. The minimum atomic E-state index is -3.97. The van der Waals surface area contributed by atoms with Crippen LogP contribution in [0.2, 0.25) is 0 Å². The number of carbonyl (C=O) groups is 2. The molecule has 1 aliphatic heterocycles. The number of urea groups is 2. The zero-order valence-electron chi connectivity index (χ0n) is 35.8. The van der Waals surface area contributed by atoms with Gasteiger partial charge in [0.2, 0.25) is 19.9 Å². The first kappa shape index (κ1) is 44.6. The first-order valence-corrected chi connectivity index (χ1v) is 23.4. The third-order valence-corrected chi connectivity index (χ3v) is 14.4. The van der Waals surface area contributed by atoms with Gasteiger partial charge in [0, 0.05) is 54.9 Å². The number of anilines is 2. The van der Waals surface area contributed by atoms with Crippen LogP contribution in [-0.4, -0.2) is 76.1 Å². The summed E-state index contributed by atoms with van der Waals surface area (Å²) in [6, 6.07) is 25.8. The Kier molecular flexibility index (Phi) is 13.1. The second-order valence-corrected chi connectivity index (χ2v) is 20.6. The standard InChI is InChI=1S/C46H51N9O6S2/c1-33-21-24-52(32-46(4,5)27-33)63(60,61)42-19-15-39(16-20-42)50-45(57)54(31-37-10-8-23-48-29-37)53(30-36-9-7-22-47-28-36)44(56)49-38-13-17-41(18-14-38)62(58,59)43-12-6-11-40(26-43)55-35(3)25-34(2)51-55/h6-20,22-23,25-26,28-29,33H,21,24,27,30-32H2,1-5H3,(H,49,56)(H,50,57). The smallest absolute Gasteiger partial charge is 0.306 e. The molecule has 0 aliphatic carbocycles. The van der Waals surface area contributed by atoms with E-state index in [4.69, 9.17) is 0 Å². The number of aryl methyl sites for hydroxylation is 2. The van der Waals surface area contributed by atoms with Crippen molar-refractivity contribution in [2.75, 3.05) is 23.7 Å². The number of amides is 4. The summed E-state index contributed by atoms with van der Waals surface area (Å²) in [7, 11) is -7.78. The third-order valence-electron chi connectivity index (χ3n) is 10.8. The summed E-state index contributed by atoms with van der Waals surface area (Å²) in [6.07, 6.45) is 8.04. The number of nitrogens with one attached hydrogen (secondary N) is 2. The average molecular weight is 890 g/mol. The SMILES string of the molecule is Cc1cc(C)n(-c2cccc(S(=O)(=O)c3ccc(NC(=O)N(Cc4cccnc4)N(Cc4cccnc4)C(=O)Nc4ccc(S(=O)(=O)N5CCC(C)CC(C)(C)C5)cc4)cc3)c2)n1. The fourth-order valence-electron chi connectivity index (χ4n) is 7.86.